The Balaban J connectivity index is 1.75. The van der Waals surface area contributed by atoms with Crippen LogP contribution in [0.25, 0.3) is 0 Å². The van der Waals surface area contributed by atoms with Gasteiger partial charge in [0.2, 0.25) is 0 Å². The van der Waals surface area contributed by atoms with Crippen LogP contribution >= 0.6 is 0 Å². The summed E-state index contributed by atoms with van der Waals surface area (Å²) in [5.74, 6) is -0.401. The van der Waals surface area contributed by atoms with E-state index in [1.165, 1.54) is 30.5 Å². The number of carbonyl (C=O) groups excluding carboxylic acids is 1. The molecule has 6 nitrogen and oxygen atoms in total. The molecule has 3 rings (SSSR count). The predicted molar refractivity (Wildman–Crippen MR) is 78.5 cm³/mol. The molecule has 23 heavy (non-hydrogen) atoms. The maximum absolute atomic E-state index is 13.3. The maximum atomic E-state index is 13.3. The minimum atomic E-state index is -1.12. The van der Waals surface area contributed by atoms with Crippen molar-refractivity contribution in [1.29, 1.82) is 0 Å². The Labute approximate surface area is 132 Å². The molecule has 2 atom stereocenters. The summed E-state index contributed by atoms with van der Waals surface area (Å²) in [5, 5.41) is 14.1. The number of carbonyl (C=O) groups is 1. The molecule has 0 bridgehead atoms. The first-order valence-electron chi connectivity index (χ1n) is 7.30. The first-order chi connectivity index (χ1) is 11.0. The minimum absolute atomic E-state index is 0.176. The number of piperidine rings is 1. The van der Waals surface area contributed by atoms with Crippen LogP contribution in [0.5, 0.6) is 5.75 Å². The second-order valence-electron chi connectivity index (χ2n) is 5.81. The standard InChI is InChI=1S/C16H17FN2O4/c1-16(21)6-7-19(15(20)13-5-8-22-18-13)10-14(16)23-12-4-2-3-11(17)9-12/h2-5,8-9,14,21H,6-7,10H2,1H3/t14-,16-/m1/s1. The third-order valence-corrected chi connectivity index (χ3v) is 3.99. The van der Waals surface area contributed by atoms with Crippen molar-refractivity contribution in [3.63, 3.8) is 0 Å². The van der Waals surface area contributed by atoms with Gasteiger partial charge in [0.1, 0.15) is 29.5 Å². The van der Waals surface area contributed by atoms with Crippen molar-refractivity contribution < 1.29 is 23.6 Å². The van der Waals surface area contributed by atoms with Crippen molar-refractivity contribution in [3.05, 3.63) is 48.1 Å². The van der Waals surface area contributed by atoms with E-state index in [0.29, 0.717) is 18.7 Å². The van der Waals surface area contributed by atoms with E-state index in [4.69, 9.17) is 4.74 Å². The molecule has 0 unspecified atom stereocenters. The van der Waals surface area contributed by atoms with Crippen LogP contribution in [0.2, 0.25) is 0 Å². The SMILES string of the molecule is C[C@@]1(O)CCN(C(=O)c2ccon2)C[C@H]1Oc1cccc(F)c1. The average Bonchev–Trinajstić information content (AvgIpc) is 3.03. The number of aromatic nitrogens is 1. The lowest BCUT2D eigenvalue weighted by Gasteiger charge is -2.42. The van der Waals surface area contributed by atoms with Gasteiger partial charge in [0, 0.05) is 18.7 Å². The first-order valence-corrected chi connectivity index (χ1v) is 7.30. The van der Waals surface area contributed by atoms with E-state index in [0.717, 1.165) is 0 Å². The lowest BCUT2D eigenvalue weighted by Crippen LogP contribution is -2.57. The van der Waals surface area contributed by atoms with Crippen LogP contribution in [0.3, 0.4) is 0 Å². The highest BCUT2D eigenvalue weighted by Crippen LogP contribution is 2.27. The number of benzene rings is 1. The fraction of sp³-hybridized carbons (Fsp3) is 0.375. The van der Waals surface area contributed by atoms with E-state index in [-0.39, 0.29) is 18.1 Å². The zero-order valence-electron chi connectivity index (χ0n) is 12.6. The maximum Gasteiger partial charge on any atom is 0.276 e. The van der Waals surface area contributed by atoms with E-state index in [1.807, 2.05) is 0 Å². The molecule has 2 aromatic rings. The number of nitrogens with zero attached hydrogens (tertiary/aromatic N) is 2. The number of ether oxygens (including phenoxy) is 1. The van der Waals surface area contributed by atoms with Crippen molar-refractivity contribution in [3.8, 4) is 5.75 Å². The van der Waals surface area contributed by atoms with E-state index in [9.17, 15) is 14.3 Å². The Morgan fingerprint density at radius 3 is 3.04 bits per heavy atom. The van der Waals surface area contributed by atoms with Crippen molar-refractivity contribution in [2.45, 2.75) is 25.0 Å². The molecule has 7 heteroatoms. The van der Waals surface area contributed by atoms with Crippen molar-refractivity contribution in [2.24, 2.45) is 0 Å². The van der Waals surface area contributed by atoms with Crippen molar-refractivity contribution >= 4 is 5.91 Å². The van der Waals surface area contributed by atoms with Gasteiger partial charge >= 0.3 is 0 Å². The molecule has 0 aliphatic carbocycles. The van der Waals surface area contributed by atoms with Gasteiger partial charge in [0.15, 0.2) is 5.69 Å². The number of rotatable bonds is 3. The molecule has 0 saturated carbocycles. The van der Waals surface area contributed by atoms with E-state index in [1.54, 1.807) is 17.9 Å². The molecule has 1 fully saturated rings. The first kappa shape index (κ1) is 15.5. The predicted octanol–water partition coefficient (Wildman–Crippen LogP) is 1.86. The summed E-state index contributed by atoms with van der Waals surface area (Å²) in [6.45, 7) is 2.20. The molecule has 0 spiro atoms. The second-order valence-corrected chi connectivity index (χ2v) is 5.81. The Hall–Kier alpha value is -2.41. The molecule has 0 radical (unpaired) electrons. The highest BCUT2D eigenvalue weighted by molar-refractivity contribution is 5.92. The van der Waals surface area contributed by atoms with Crippen LogP contribution in [0.15, 0.2) is 41.1 Å². The van der Waals surface area contributed by atoms with Crippen LogP contribution < -0.4 is 4.74 Å². The third kappa shape index (κ3) is 3.34. The van der Waals surface area contributed by atoms with Crippen molar-refractivity contribution in [2.75, 3.05) is 13.1 Å². The van der Waals surface area contributed by atoms with Crippen LogP contribution in [0, 0.1) is 5.82 Å². The molecule has 2 heterocycles. The van der Waals surface area contributed by atoms with Crippen molar-refractivity contribution in [1.82, 2.24) is 10.1 Å². The van der Waals surface area contributed by atoms with Gasteiger partial charge in [0.05, 0.1) is 6.54 Å². The monoisotopic (exact) mass is 320 g/mol. The van der Waals surface area contributed by atoms with Crippen LogP contribution in [-0.2, 0) is 0 Å². The lowest BCUT2D eigenvalue weighted by atomic mass is 9.90. The van der Waals surface area contributed by atoms with Crippen LogP contribution in [0.4, 0.5) is 4.39 Å². The number of amides is 1. The largest absolute Gasteiger partial charge is 0.485 e. The van der Waals surface area contributed by atoms with Gasteiger partial charge < -0.3 is 19.3 Å². The summed E-state index contributed by atoms with van der Waals surface area (Å²) < 4.78 is 23.7. The summed E-state index contributed by atoms with van der Waals surface area (Å²) >= 11 is 0. The Morgan fingerprint density at radius 1 is 1.52 bits per heavy atom. The smallest absolute Gasteiger partial charge is 0.276 e. The molecule has 1 aliphatic heterocycles. The molecule has 1 aliphatic rings. The molecule has 122 valence electrons. The van der Waals surface area contributed by atoms with Gasteiger partial charge in [-0.25, -0.2) is 4.39 Å². The fourth-order valence-corrected chi connectivity index (χ4v) is 2.55. The molecule has 1 aromatic carbocycles. The van der Waals surface area contributed by atoms with E-state index >= 15 is 0 Å². The van der Waals surface area contributed by atoms with E-state index in [2.05, 4.69) is 9.68 Å². The number of hydrogen-bond acceptors (Lipinski definition) is 5. The summed E-state index contributed by atoms with van der Waals surface area (Å²) in [6.07, 6.45) is 0.999. The molecular formula is C16H17FN2O4. The Kier molecular flexibility index (Phi) is 4.04. The van der Waals surface area contributed by atoms with Gasteiger partial charge in [-0.2, -0.15) is 0 Å². The topological polar surface area (TPSA) is 75.8 Å². The summed E-state index contributed by atoms with van der Waals surface area (Å²) in [4.78, 5) is 13.9. The van der Waals surface area contributed by atoms with Gasteiger partial charge in [-0.15, -0.1) is 0 Å². The minimum Gasteiger partial charge on any atom is -0.485 e. The van der Waals surface area contributed by atoms with Gasteiger partial charge in [-0.1, -0.05) is 11.2 Å². The normalized spacial score (nSPS) is 24.5. The summed E-state index contributed by atoms with van der Waals surface area (Å²) in [6, 6.07) is 7.18. The molecule has 1 aromatic heterocycles. The van der Waals surface area contributed by atoms with E-state index < -0.39 is 17.5 Å². The Morgan fingerprint density at radius 2 is 2.35 bits per heavy atom. The summed E-state index contributed by atoms with van der Waals surface area (Å²) in [5.41, 5.74) is -0.913. The lowest BCUT2D eigenvalue weighted by molar-refractivity contribution is -0.0883. The number of halogens is 1. The quantitative estimate of drug-likeness (QED) is 0.934. The number of likely N-dealkylation sites (tertiary alicyclic amines) is 1. The number of aliphatic hydroxyl groups is 1. The molecular weight excluding hydrogens is 303 g/mol. The zero-order valence-corrected chi connectivity index (χ0v) is 12.6. The highest BCUT2D eigenvalue weighted by atomic mass is 19.1. The highest BCUT2D eigenvalue weighted by Gasteiger charge is 2.41. The van der Waals surface area contributed by atoms with Gasteiger partial charge in [-0.05, 0) is 25.5 Å². The molecule has 1 N–H and O–H groups in total. The zero-order chi connectivity index (χ0) is 16.4. The summed E-state index contributed by atoms with van der Waals surface area (Å²) in [7, 11) is 0. The average molecular weight is 320 g/mol. The van der Waals surface area contributed by atoms with Crippen LogP contribution in [-0.4, -0.2) is 45.9 Å². The number of hydrogen-bond donors (Lipinski definition) is 1. The Bertz CT molecular complexity index is 687. The molecule has 1 saturated heterocycles. The second kappa shape index (κ2) is 6.00. The van der Waals surface area contributed by atoms with Crippen LogP contribution in [0.1, 0.15) is 23.8 Å². The third-order valence-electron chi connectivity index (χ3n) is 3.99. The van der Waals surface area contributed by atoms with Gasteiger partial charge in [-0.3, -0.25) is 4.79 Å². The fourth-order valence-electron chi connectivity index (χ4n) is 2.55. The van der Waals surface area contributed by atoms with Gasteiger partial charge in [0.25, 0.3) is 5.91 Å². The molecule has 1 amide bonds.